The number of benzene rings is 2. The molecule has 26 heavy (non-hydrogen) atoms. The van der Waals surface area contributed by atoms with Gasteiger partial charge < -0.3 is 10.6 Å². The lowest BCUT2D eigenvalue weighted by molar-refractivity contribution is -0.120. The van der Waals surface area contributed by atoms with Crippen LogP contribution in [0.3, 0.4) is 0 Å². The van der Waals surface area contributed by atoms with Gasteiger partial charge in [0.2, 0.25) is 15.9 Å². The van der Waals surface area contributed by atoms with E-state index in [1.54, 1.807) is 12.1 Å². The van der Waals surface area contributed by atoms with Gasteiger partial charge >= 0.3 is 0 Å². The number of carbonyl (C=O) groups is 1. The van der Waals surface area contributed by atoms with Crippen molar-refractivity contribution in [2.45, 2.75) is 31.1 Å². The zero-order valence-corrected chi connectivity index (χ0v) is 15.7. The molecule has 0 bridgehead atoms. The SMILES string of the molecule is CCc1ccc(NCCC(=O)NCCc2ccc(S(N)(=O)=O)cc2)cc1. The summed E-state index contributed by atoms with van der Waals surface area (Å²) in [5.74, 6) is -0.0242. The van der Waals surface area contributed by atoms with E-state index in [0.717, 1.165) is 17.7 Å². The first kappa shape index (κ1) is 19.9. The molecule has 0 atom stereocenters. The first-order valence-electron chi connectivity index (χ1n) is 8.59. The minimum Gasteiger partial charge on any atom is -0.385 e. The number of nitrogens with two attached hydrogens (primary N) is 1. The second-order valence-electron chi connectivity index (χ2n) is 6.02. The van der Waals surface area contributed by atoms with Gasteiger partial charge in [0.05, 0.1) is 4.90 Å². The van der Waals surface area contributed by atoms with E-state index in [1.165, 1.54) is 17.7 Å². The number of nitrogens with one attached hydrogen (secondary N) is 2. The van der Waals surface area contributed by atoms with Crippen LogP contribution in [-0.2, 0) is 27.7 Å². The van der Waals surface area contributed by atoms with Gasteiger partial charge in [-0.3, -0.25) is 4.79 Å². The molecule has 0 unspecified atom stereocenters. The highest BCUT2D eigenvalue weighted by molar-refractivity contribution is 7.89. The van der Waals surface area contributed by atoms with E-state index in [-0.39, 0.29) is 10.8 Å². The van der Waals surface area contributed by atoms with Crippen LogP contribution in [0.15, 0.2) is 53.4 Å². The van der Waals surface area contributed by atoms with Gasteiger partial charge in [0.15, 0.2) is 0 Å². The van der Waals surface area contributed by atoms with Crippen molar-refractivity contribution in [3.05, 3.63) is 59.7 Å². The Labute approximate surface area is 154 Å². The Bertz CT molecular complexity index is 816. The van der Waals surface area contributed by atoms with Crippen molar-refractivity contribution < 1.29 is 13.2 Å². The summed E-state index contributed by atoms with van der Waals surface area (Å²) in [5.41, 5.74) is 3.22. The van der Waals surface area contributed by atoms with Crippen molar-refractivity contribution in [1.82, 2.24) is 5.32 Å². The summed E-state index contributed by atoms with van der Waals surface area (Å²) < 4.78 is 22.4. The zero-order chi connectivity index (χ0) is 19.0. The van der Waals surface area contributed by atoms with Gasteiger partial charge in [-0.1, -0.05) is 31.2 Å². The molecule has 4 N–H and O–H groups in total. The third kappa shape index (κ3) is 6.50. The molecule has 0 saturated carbocycles. The molecule has 1 amide bonds. The molecule has 0 heterocycles. The Balaban J connectivity index is 1.67. The van der Waals surface area contributed by atoms with Crippen LogP contribution >= 0.6 is 0 Å². The molecule has 0 radical (unpaired) electrons. The molecule has 2 rings (SSSR count). The first-order valence-corrected chi connectivity index (χ1v) is 10.1. The minimum atomic E-state index is -3.67. The summed E-state index contributed by atoms with van der Waals surface area (Å²) in [6, 6.07) is 14.5. The average Bonchev–Trinajstić information content (AvgIpc) is 2.62. The summed E-state index contributed by atoms with van der Waals surface area (Å²) in [4.78, 5) is 11.9. The lowest BCUT2D eigenvalue weighted by Crippen LogP contribution is -2.27. The number of sulfonamides is 1. The van der Waals surface area contributed by atoms with Crippen molar-refractivity contribution >= 4 is 21.6 Å². The fourth-order valence-electron chi connectivity index (χ4n) is 2.46. The third-order valence-corrected chi connectivity index (χ3v) is 4.96. The van der Waals surface area contributed by atoms with E-state index >= 15 is 0 Å². The highest BCUT2D eigenvalue weighted by atomic mass is 32.2. The monoisotopic (exact) mass is 375 g/mol. The van der Waals surface area contributed by atoms with E-state index in [1.807, 2.05) is 12.1 Å². The smallest absolute Gasteiger partial charge is 0.238 e. The molecule has 6 nitrogen and oxygen atoms in total. The standard InChI is InChI=1S/C19H25N3O3S/c1-2-15-3-7-17(8-4-15)21-14-12-19(23)22-13-11-16-5-9-18(10-6-16)26(20,24)25/h3-10,21H,2,11-14H2,1H3,(H,22,23)(H2,20,24,25). The van der Waals surface area contributed by atoms with E-state index in [4.69, 9.17) is 5.14 Å². The molecule has 2 aromatic rings. The molecule has 140 valence electrons. The third-order valence-electron chi connectivity index (χ3n) is 4.03. The number of anilines is 1. The molecule has 0 fully saturated rings. The van der Waals surface area contributed by atoms with Gasteiger partial charge in [0, 0.05) is 25.2 Å². The summed E-state index contributed by atoms with van der Waals surface area (Å²) in [7, 11) is -3.67. The van der Waals surface area contributed by atoms with Crippen LogP contribution in [-0.4, -0.2) is 27.4 Å². The number of primary sulfonamides is 1. The van der Waals surface area contributed by atoms with Crippen LogP contribution < -0.4 is 15.8 Å². The number of carbonyl (C=O) groups excluding carboxylic acids is 1. The molecule has 0 spiro atoms. The highest BCUT2D eigenvalue weighted by Gasteiger charge is 2.07. The molecule has 2 aromatic carbocycles. The lowest BCUT2D eigenvalue weighted by Gasteiger charge is -2.08. The quantitative estimate of drug-likeness (QED) is 0.624. The first-order chi connectivity index (χ1) is 12.4. The van der Waals surface area contributed by atoms with Crippen molar-refractivity contribution in [2.24, 2.45) is 5.14 Å². The Morgan fingerprint density at radius 3 is 2.15 bits per heavy atom. The van der Waals surface area contributed by atoms with Gasteiger partial charge in [-0.2, -0.15) is 0 Å². The fraction of sp³-hybridized carbons (Fsp3) is 0.316. The maximum atomic E-state index is 11.9. The van der Waals surface area contributed by atoms with Crippen LogP contribution in [0.1, 0.15) is 24.5 Å². The van der Waals surface area contributed by atoms with Crippen LogP contribution in [0.2, 0.25) is 0 Å². The predicted octanol–water partition coefficient (Wildman–Crippen LogP) is 2.06. The van der Waals surface area contributed by atoms with E-state index in [2.05, 4.69) is 29.7 Å². The summed E-state index contributed by atoms with van der Waals surface area (Å²) >= 11 is 0. The van der Waals surface area contributed by atoms with Crippen molar-refractivity contribution in [1.29, 1.82) is 0 Å². The second-order valence-corrected chi connectivity index (χ2v) is 7.58. The maximum Gasteiger partial charge on any atom is 0.238 e. The van der Waals surface area contributed by atoms with Crippen LogP contribution in [0.5, 0.6) is 0 Å². The highest BCUT2D eigenvalue weighted by Crippen LogP contribution is 2.10. The molecule has 7 heteroatoms. The van der Waals surface area contributed by atoms with Gasteiger partial charge in [-0.25, -0.2) is 13.6 Å². The van der Waals surface area contributed by atoms with Gasteiger partial charge in [0.1, 0.15) is 0 Å². The van der Waals surface area contributed by atoms with Crippen molar-refractivity contribution in [2.75, 3.05) is 18.4 Å². The van der Waals surface area contributed by atoms with Gasteiger partial charge in [-0.15, -0.1) is 0 Å². The van der Waals surface area contributed by atoms with Crippen molar-refractivity contribution in [3.63, 3.8) is 0 Å². The largest absolute Gasteiger partial charge is 0.385 e. The molecular formula is C19H25N3O3S. The summed E-state index contributed by atoms with van der Waals surface area (Å²) in [6.45, 7) is 3.18. The normalized spacial score (nSPS) is 11.2. The number of hydrogen-bond acceptors (Lipinski definition) is 4. The Kier molecular flexibility index (Phi) is 7.17. The maximum absolute atomic E-state index is 11.9. The van der Waals surface area contributed by atoms with Crippen molar-refractivity contribution in [3.8, 4) is 0 Å². The Hall–Kier alpha value is -2.38. The number of amides is 1. The lowest BCUT2D eigenvalue weighted by atomic mass is 10.1. The van der Waals surface area contributed by atoms with Gasteiger partial charge in [-0.05, 0) is 48.2 Å². The molecule has 0 aromatic heterocycles. The summed E-state index contributed by atoms with van der Waals surface area (Å²) in [6.07, 6.45) is 2.02. The second kappa shape index (κ2) is 9.35. The average molecular weight is 375 g/mol. The molecule has 0 aliphatic carbocycles. The molecule has 0 aliphatic heterocycles. The van der Waals surface area contributed by atoms with Gasteiger partial charge in [0.25, 0.3) is 0 Å². The van der Waals surface area contributed by atoms with E-state index in [0.29, 0.717) is 25.9 Å². The van der Waals surface area contributed by atoms with Crippen LogP contribution in [0.4, 0.5) is 5.69 Å². The molecule has 0 aliphatic rings. The number of hydrogen-bond donors (Lipinski definition) is 3. The van der Waals surface area contributed by atoms with Crippen LogP contribution in [0, 0.1) is 0 Å². The topological polar surface area (TPSA) is 101 Å². The molecule has 0 saturated heterocycles. The van der Waals surface area contributed by atoms with E-state index in [9.17, 15) is 13.2 Å². The number of rotatable bonds is 9. The van der Waals surface area contributed by atoms with Crippen LogP contribution in [0.25, 0.3) is 0 Å². The number of aryl methyl sites for hydroxylation is 1. The Morgan fingerprint density at radius 2 is 1.58 bits per heavy atom. The Morgan fingerprint density at radius 1 is 0.962 bits per heavy atom. The zero-order valence-electron chi connectivity index (χ0n) is 14.9. The van der Waals surface area contributed by atoms with E-state index < -0.39 is 10.0 Å². The minimum absolute atomic E-state index is 0.0242. The predicted molar refractivity (Wildman–Crippen MR) is 103 cm³/mol. The molecular weight excluding hydrogens is 350 g/mol. The fourth-order valence-corrected chi connectivity index (χ4v) is 2.97. The summed E-state index contributed by atoms with van der Waals surface area (Å²) in [5, 5.41) is 11.1.